The van der Waals surface area contributed by atoms with E-state index in [4.69, 9.17) is 17.0 Å². The van der Waals surface area contributed by atoms with Crippen molar-refractivity contribution in [2.24, 2.45) is 0 Å². The van der Waals surface area contributed by atoms with E-state index in [0.29, 0.717) is 10.6 Å². The molecule has 0 radical (unpaired) electrons. The Morgan fingerprint density at radius 2 is 1.90 bits per heavy atom. The summed E-state index contributed by atoms with van der Waals surface area (Å²) in [6.07, 6.45) is 0. The van der Waals surface area contributed by atoms with Crippen LogP contribution < -0.4 is 10.2 Å². The standard InChI is InChI=1S/C15H13ClIN3O/c1-20(13-4-2-3-12(17)9-13)15(18)19-14(21)10-5-7-11(16)8-6-10/h2-9H,1H3,(H2,18,19,21). The van der Waals surface area contributed by atoms with Gasteiger partial charge in [0.1, 0.15) is 0 Å². The number of carbonyl (C=O) groups is 1. The molecule has 21 heavy (non-hydrogen) atoms. The summed E-state index contributed by atoms with van der Waals surface area (Å²) in [6.45, 7) is 0. The summed E-state index contributed by atoms with van der Waals surface area (Å²) in [4.78, 5) is 13.7. The van der Waals surface area contributed by atoms with Crippen molar-refractivity contribution in [1.29, 1.82) is 5.41 Å². The van der Waals surface area contributed by atoms with Crippen LogP contribution in [0.1, 0.15) is 10.4 Å². The first-order chi connectivity index (χ1) is 9.97. The van der Waals surface area contributed by atoms with Crippen molar-refractivity contribution in [3.8, 4) is 0 Å². The van der Waals surface area contributed by atoms with Crippen LogP contribution in [0.3, 0.4) is 0 Å². The summed E-state index contributed by atoms with van der Waals surface area (Å²) >= 11 is 7.99. The highest BCUT2D eigenvalue weighted by Crippen LogP contribution is 2.16. The maximum Gasteiger partial charge on any atom is 0.257 e. The molecule has 0 aromatic heterocycles. The van der Waals surface area contributed by atoms with Gasteiger partial charge in [0.2, 0.25) is 5.96 Å². The molecule has 2 aromatic carbocycles. The Morgan fingerprint density at radius 3 is 2.52 bits per heavy atom. The van der Waals surface area contributed by atoms with Gasteiger partial charge >= 0.3 is 0 Å². The Kier molecular flexibility index (Phi) is 5.19. The number of guanidine groups is 1. The molecule has 0 saturated carbocycles. The van der Waals surface area contributed by atoms with Gasteiger partial charge < -0.3 is 4.90 Å². The van der Waals surface area contributed by atoms with Gasteiger partial charge in [-0.3, -0.25) is 15.5 Å². The van der Waals surface area contributed by atoms with Crippen molar-refractivity contribution in [2.45, 2.75) is 0 Å². The monoisotopic (exact) mass is 413 g/mol. The van der Waals surface area contributed by atoms with Crippen LogP contribution in [0.5, 0.6) is 0 Å². The molecule has 0 spiro atoms. The number of rotatable bonds is 2. The Balaban J connectivity index is 2.07. The van der Waals surface area contributed by atoms with Crippen molar-refractivity contribution in [1.82, 2.24) is 5.32 Å². The summed E-state index contributed by atoms with van der Waals surface area (Å²) in [6, 6.07) is 14.2. The minimum atomic E-state index is -0.339. The highest BCUT2D eigenvalue weighted by molar-refractivity contribution is 14.1. The maximum atomic E-state index is 12.0. The highest BCUT2D eigenvalue weighted by Gasteiger charge is 2.12. The third-order valence-corrected chi connectivity index (χ3v) is 3.79. The van der Waals surface area contributed by atoms with Crippen LogP contribution in [0.25, 0.3) is 0 Å². The third kappa shape index (κ3) is 4.18. The molecular weight excluding hydrogens is 401 g/mol. The number of halogens is 2. The fraction of sp³-hybridized carbons (Fsp3) is 0.0667. The second-order valence-electron chi connectivity index (χ2n) is 4.35. The normalized spacial score (nSPS) is 10.0. The van der Waals surface area contributed by atoms with Gasteiger partial charge in [0.25, 0.3) is 5.91 Å². The third-order valence-electron chi connectivity index (χ3n) is 2.87. The smallest absolute Gasteiger partial charge is 0.257 e. The lowest BCUT2D eigenvalue weighted by Crippen LogP contribution is -2.41. The molecule has 2 rings (SSSR count). The molecule has 0 heterocycles. The van der Waals surface area contributed by atoms with Gasteiger partial charge in [-0.15, -0.1) is 0 Å². The Morgan fingerprint density at radius 1 is 1.24 bits per heavy atom. The molecule has 0 aliphatic rings. The predicted octanol–water partition coefficient (Wildman–Crippen LogP) is 3.75. The first kappa shape index (κ1) is 15.8. The number of nitrogens with one attached hydrogen (secondary N) is 2. The van der Waals surface area contributed by atoms with Crippen LogP contribution in [-0.2, 0) is 0 Å². The number of carbonyl (C=O) groups excluding carboxylic acids is 1. The van der Waals surface area contributed by atoms with Gasteiger partial charge in [0, 0.05) is 26.9 Å². The van der Waals surface area contributed by atoms with Gasteiger partial charge in [-0.2, -0.15) is 0 Å². The molecule has 6 heteroatoms. The van der Waals surface area contributed by atoms with Crippen LogP contribution >= 0.6 is 34.2 Å². The summed E-state index contributed by atoms with van der Waals surface area (Å²) in [5.74, 6) is -0.328. The molecule has 0 bridgehead atoms. The van der Waals surface area contributed by atoms with E-state index in [0.717, 1.165) is 9.26 Å². The lowest BCUT2D eigenvalue weighted by atomic mass is 10.2. The zero-order chi connectivity index (χ0) is 15.4. The molecule has 1 amide bonds. The van der Waals surface area contributed by atoms with E-state index in [9.17, 15) is 4.79 Å². The van der Waals surface area contributed by atoms with Gasteiger partial charge in [0.05, 0.1) is 0 Å². The largest absolute Gasteiger partial charge is 0.316 e. The average Bonchev–Trinajstić information content (AvgIpc) is 2.47. The van der Waals surface area contributed by atoms with Gasteiger partial charge in [0.15, 0.2) is 0 Å². The molecule has 2 aromatic rings. The van der Waals surface area contributed by atoms with Gasteiger partial charge in [-0.1, -0.05) is 17.7 Å². The molecule has 0 aliphatic carbocycles. The van der Waals surface area contributed by atoms with E-state index in [1.54, 1.807) is 36.2 Å². The van der Waals surface area contributed by atoms with Crippen molar-refractivity contribution >= 4 is 51.7 Å². The zero-order valence-electron chi connectivity index (χ0n) is 11.2. The molecule has 4 nitrogen and oxygen atoms in total. The Hall–Kier alpha value is -1.60. The zero-order valence-corrected chi connectivity index (χ0v) is 14.1. The second-order valence-corrected chi connectivity index (χ2v) is 6.03. The van der Waals surface area contributed by atoms with E-state index in [2.05, 4.69) is 27.9 Å². The van der Waals surface area contributed by atoms with E-state index >= 15 is 0 Å². The average molecular weight is 414 g/mol. The molecule has 0 saturated heterocycles. The topological polar surface area (TPSA) is 56.2 Å². The fourth-order valence-electron chi connectivity index (χ4n) is 1.68. The van der Waals surface area contributed by atoms with Crippen molar-refractivity contribution in [2.75, 3.05) is 11.9 Å². The fourth-order valence-corrected chi connectivity index (χ4v) is 2.33. The lowest BCUT2D eigenvalue weighted by molar-refractivity contribution is 0.0976. The second kappa shape index (κ2) is 6.91. The molecule has 0 fully saturated rings. The first-order valence-corrected chi connectivity index (χ1v) is 7.58. The van der Waals surface area contributed by atoms with E-state index < -0.39 is 0 Å². The van der Waals surface area contributed by atoms with Crippen molar-refractivity contribution in [3.05, 3.63) is 62.7 Å². The van der Waals surface area contributed by atoms with Crippen molar-refractivity contribution in [3.63, 3.8) is 0 Å². The number of amides is 1. The Labute approximate surface area is 141 Å². The van der Waals surface area contributed by atoms with Crippen LogP contribution in [0.15, 0.2) is 48.5 Å². The minimum Gasteiger partial charge on any atom is -0.316 e. The van der Waals surface area contributed by atoms with Crippen LogP contribution in [0, 0.1) is 8.98 Å². The van der Waals surface area contributed by atoms with E-state index in [1.165, 1.54) is 0 Å². The molecule has 0 atom stereocenters. The summed E-state index contributed by atoms with van der Waals surface area (Å²) in [7, 11) is 1.73. The van der Waals surface area contributed by atoms with Crippen LogP contribution in [0.4, 0.5) is 5.69 Å². The Bertz CT molecular complexity index is 673. The summed E-state index contributed by atoms with van der Waals surface area (Å²) < 4.78 is 1.06. The quantitative estimate of drug-likeness (QED) is 0.448. The minimum absolute atomic E-state index is 0.0111. The SMILES string of the molecule is CN(C(=N)NC(=O)c1ccc(Cl)cc1)c1cccc(I)c1. The number of hydrogen-bond acceptors (Lipinski definition) is 2. The van der Waals surface area contributed by atoms with E-state index in [1.807, 2.05) is 24.3 Å². The maximum absolute atomic E-state index is 12.0. The number of hydrogen-bond donors (Lipinski definition) is 2. The molecule has 108 valence electrons. The first-order valence-electron chi connectivity index (χ1n) is 6.12. The van der Waals surface area contributed by atoms with Crippen LogP contribution in [-0.4, -0.2) is 18.9 Å². The van der Waals surface area contributed by atoms with Gasteiger partial charge in [-0.05, 0) is 65.1 Å². The molecule has 0 unspecified atom stereocenters. The number of benzene rings is 2. The van der Waals surface area contributed by atoms with Gasteiger partial charge in [-0.25, -0.2) is 0 Å². The molecule has 0 aliphatic heterocycles. The summed E-state index contributed by atoms with van der Waals surface area (Å²) in [5, 5.41) is 11.1. The summed E-state index contributed by atoms with van der Waals surface area (Å²) in [5.41, 5.74) is 1.29. The predicted molar refractivity (Wildman–Crippen MR) is 94.2 cm³/mol. The lowest BCUT2D eigenvalue weighted by Gasteiger charge is -2.20. The number of anilines is 1. The number of nitrogens with zero attached hydrogens (tertiary/aromatic N) is 1. The highest BCUT2D eigenvalue weighted by atomic mass is 127. The molecule has 2 N–H and O–H groups in total. The van der Waals surface area contributed by atoms with E-state index in [-0.39, 0.29) is 11.9 Å². The van der Waals surface area contributed by atoms with Crippen molar-refractivity contribution < 1.29 is 4.79 Å². The van der Waals surface area contributed by atoms with Crippen LogP contribution in [0.2, 0.25) is 5.02 Å². The molecular formula is C15H13ClIN3O.